The van der Waals surface area contributed by atoms with E-state index in [0.29, 0.717) is 103 Å². The highest BCUT2D eigenvalue weighted by atomic mass is 32.2. The van der Waals surface area contributed by atoms with Crippen molar-refractivity contribution in [2.24, 2.45) is 0 Å². The average molecular weight is 1040 g/mol. The molecular formula is C62H86O9S2. The van der Waals surface area contributed by atoms with Crippen LogP contribution in [0.4, 0.5) is 0 Å². The van der Waals surface area contributed by atoms with Crippen LogP contribution in [-0.2, 0) is 71.1 Å². The second-order valence-corrected chi connectivity index (χ2v) is 26.4. The predicted octanol–water partition coefficient (Wildman–Crippen LogP) is 13.5. The molecule has 0 unspecified atom stereocenters. The van der Waals surface area contributed by atoms with Crippen LogP contribution in [0.25, 0.3) is 0 Å². The highest BCUT2D eigenvalue weighted by Crippen LogP contribution is 2.44. The molecule has 0 saturated carbocycles. The summed E-state index contributed by atoms with van der Waals surface area (Å²) in [6, 6.07) is 18.8. The molecule has 6 rings (SSSR count). The minimum absolute atomic E-state index is 0.109. The zero-order valence-electron chi connectivity index (χ0n) is 46.8. The molecule has 400 valence electrons. The number of benzene rings is 4. The number of carbonyl (C=O) groups excluding carboxylic acids is 2. The van der Waals surface area contributed by atoms with Gasteiger partial charge in [0.2, 0.25) is 0 Å². The van der Waals surface area contributed by atoms with Gasteiger partial charge in [-0.3, -0.25) is 9.59 Å². The number of hydrogen-bond acceptors (Lipinski definition) is 11. The Hall–Kier alpha value is -4.00. The summed E-state index contributed by atoms with van der Waals surface area (Å²) >= 11 is 2.68. The van der Waals surface area contributed by atoms with Crippen LogP contribution in [-0.4, -0.2) is 87.8 Å². The second-order valence-electron chi connectivity index (χ2n) is 23.8. The number of fused-ring (bicyclic) bond motifs is 2. The normalized spacial score (nSPS) is 15.5. The highest BCUT2D eigenvalue weighted by Gasteiger charge is 2.30. The minimum Gasteiger partial charge on any atom is -0.493 e. The van der Waals surface area contributed by atoms with E-state index in [9.17, 15) is 9.59 Å². The molecule has 0 spiro atoms. The fourth-order valence-corrected chi connectivity index (χ4v) is 10.3. The molecule has 73 heavy (non-hydrogen) atoms. The maximum atomic E-state index is 12.0. The van der Waals surface area contributed by atoms with Gasteiger partial charge in [0.15, 0.2) is 10.2 Å². The smallest absolute Gasteiger partial charge is 0.185 e. The lowest BCUT2D eigenvalue weighted by atomic mass is 9.79. The molecule has 2 aliphatic rings. The van der Waals surface area contributed by atoms with Crippen LogP contribution in [0.5, 0.6) is 23.0 Å². The van der Waals surface area contributed by atoms with E-state index < -0.39 is 0 Å². The van der Waals surface area contributed by atoms with Gasteiger partial charge in [0.25, 0.3) is 0 Å². The van der Waals surface area contributed by atoms with Gasteiger partial charge in [0.1, 0.15) is 36.2 Å². The first-order valence-corrected chi connectivity index (χ1v) is 28.5. The largest absolute Gasteiger partial charge is 0.493 e. The Morgan fingerprint density at radius 1 is 0.411 bits per heavy atom. The Labute approximate surface area is 447 Å². The molecular weight excluding hydrogens is 953 g/mol. The van der Waals surface area contributed by atoms with Crippen LogP contribution in [0.3, 0.4) is 0 Å². The summed E-state index contributed by atoms with van der Waals surface area (Å²) in [5, 5.41) is 0.218. The summed E-state index contributed by atoms with van der Waals surface area (Å²) in [7, 11) is 0. The van der Waals surface area contributed by atoms with Crippen molar-refractivity contribution in [3.8, 4) is 23.0 Å². The Morgan fingerprint density at radius 3 is 0.904 bits per heavy atom. The quantitative estimate of drug-likeness (QED) is 0.125. The molecule has 10 bridgehead atoms. The Kier molecular flexibility index (Phi) is 20.5. The molecule has 4 aromatic rings. The number of ether oxygens (including phenoxy) is 7. The van der Waals surface area contributed by atoms with Crippen molar-refractivity contribution in [3.63, 3.8) is 0 Å². The van der Waals surface area contributed by atoms with E-state index in [1.165, 1.54) is 45.8 Å². The fourth-order valence-electron chi connectivity index (χ4n) is 9.21. The minimum atomic E-state index is -0.193. The van der Waals surface area contributed by atoms with Crippen molar-refractivity contribution in [1.29, 1.82) is 0 Å². The Balaban J connectivity index is 1.75. The van der Waals surface area contributed by atoms with Crippen LogP contribution >= 0.6 is 23.5 Å². The fraction of sp³-hybridized carbons (Fsp3) is 0.581. The van der Waals surface area contributed by atoms with Gasteiger partial charge in [-0.25, -0.2) is 0 Å². The van der Waals surface area contributed by atoms with E-state index in [1.807, 2.05) is 0 Å². The van der Waals surface area contributed by atoms with Gasteiger partial charge in [0, 0.05) is 51.0 Å². The standard InChI is InChI=1S/C62H86O9S2/c1-41(63)72-27-15-17-68-55-43-29-47-37-53(61(9,10)11)39-49-31-45-35-52(60(6,7)8)36-46(56(45)69-18-16-28-73-42(2)64)32-50-40-54(62(12,13)14)38-48(30-44(55)34-51(33-43)59(3,4)5)58(50)71-26-24-67-22-20-65-19-21-66-23-25-70-57(47)49/h33-40H,15-32H2,1-14H3. The topological polar surface area (TPSA) is 98.8 Å². The van der Waals surface area contributed by atoms with E-state index in [-0.39, 0.29) is 31.9 Å². The van der Waals surface area contributed by atoms with E-state index >= 15 is 0 Å². The van der Waals surface area contributed by atoms with Gasteiger partial charge in [-0.2, -0.15) is 0 Å². The molecule has 11 heteroatoms. The van der Waals surface area contributed by atoms with Gasteiger partial charge >= 0.3 is 0 Å². The zero-order chi connectivity index (χ0) is 53.1. The van der Waals surface area contributed by atoms with E-state index in [0.717, 1.165) is 80.3 Å². The molecule has 1 heterocycles. The first-order valence-electron chi connectivity index (χ1n) is 26.5. The third-order valence-electron chi connectivity index (χ3n) is 13.3. The molecule has 0 atom stereocenters. The molecule has 1 aliphatic carbocycles. The van der Waals surface area contributed by atoms with Crippen LogP contribution in [0, 0.1) is 0 Å². The Morgan fingerprint density at radius 2 is 0.658 bits per heavy atom. The maximum absolute atomic E-state index is 12.0. The Bertz CT molecular complexity index is 2250. The van der Waals surface area contributed by atoms with Crippen molar-refractivity contribution in [3.05, 3.63) is 115 Å². The summed E-state index contributed by atoms with van der Waals surface area (Å²) < 4.78 is 46.5. The lowest BCUT2D eigenvalue weighted by molar-refractivity contribution is -0.109. The van der Waals surface area contributed by atoms with E-state index in [4.69, 9.17) is 33.2 Å². The highest BCUT2D eigenvalue weighted by molar-refractivity contribution is 8.13. The van der Waals surface area contributed by atoms with Gasteiger partial charge in [-0.05, 0) is 101 Å². The molecule has 0 fully saturated rings. The monoisotopic (exact) mass is 1040 g/mol. The van der Waals surface area contributed by atoms with Crippen LogP contribution in [0.2, 0.25) is 0 Å². The van der Waals surface area contributed by atoms with Gasteiger partial charge in [0.05, 0.1) is 52.9 Å². The van der Waals surface area contributed by atoms with Gasteiger partial charge in [-0.1, -0.05) is 155 Å². The third kappa shape index (κ3) is 17.0. The lowest BCUT2D eigenvalue weighted by Crippen LogP contribution is -2.19. The molecule has 0 saturated heterocycles. The summed E-state index contributed by atoms with van der Waals surface area (Å²) in [6.45, 7) is 34.8. The SMILES string of the molecule is CC(=O)SCCCOc1c2cc(C(C)(C)C)cc1Cc1cc(C(C)(C)C)cc3c1OCCOCCOCCOCCOc1c(cc(C(C)(C)C)cc1Cc1cc(C(C)(C)C)cc(c1OCCCSC(C)=O)C3)C2. The summed E-state index contributed by atoms with van der Waals surface area (Å²) in [5.41, 5.74) is 12.7. The third-order valence-corrected chi connectivity index (χ3v) is 15.1. The molecule has 0 N–H and O–H groups in total. The maximum Gasteiger partial charge on any atom is 0.185 e. The molecule has 1 aliphatic heterocycles. The number of thioether (sulfide) groups is 2. The number of rotatable bonds is 10. The molecule has 0 aromatic heterocycles. The summed E-state index contributed by atoms with van der Waals surface area (Å²) in [4.78, 5) is 24.1. The molecule has 9 nitrogen and oxygen atoms in total. The van der Waals surface area contributed by atoms with Gasteiger partial charge < -0.3 is 33.2 Å². The first-order chi connectivity index (χ1) is 34.4. The van der Waals surface area contributed by atoms with Crippen LogP contribution in [0.15, 0.2) is 48.5 Å². The van der Waals surface area contributed by atoms with Crippen LogP contribution < -0.4 is 18.9 Å². The van der Waals surface area contributed by atoms with Crippen molar-refractivity contribution < 1.29 is 42.7 Å². The van der Waals surface area contributed by atoms with Gasteiger partial charge in [-0.15, -0.1) is 0 Å². The average Bonchev–Trinajstić information content (AvgIpc) is 3.27. The predicted molar refractivity (Wildman–Crippen MR) is 302 cm³/mol. The van der Waals surface area contributed by atoms with E-state index in [2.05, 4.69) is 132 Å². The van der Waals surface area contributed by atoms with E-state index in [1.54, 1.807) is 13.8 Å². The van der Waals surface area contributed by atoms with Crippen molar-refractivity contribution in [1.82, 2.24) is 0 Å². The lowest BCUT2D eigenvalue weighted by Gasteiger charge is -2.29. The first kappa shape index (κ1) is 58.3. The summed E-state index contributed by atoms with van der Waals surface area (Å²) in [6.07, 6.45) is 3.64. The summed E-state index contributed by atoms with van der Waals surface area (Å²) in [5.74, 6) is 4.77. The molecule has 0 radical (unpaired) electrons. The zero-order valence-corrected chi connectivity index (χ0v) is 48.5. The molecule has 0 amide bonds. The molecule has 4 aromatic carbocycles. The number of carbonyl (C=O) groups is 2. The van der Waals surface area contributed by atoms with Crippen molar-refractivity contribution in [2.45, 2.75) is 157 Å². The van der Waals surface area contributed by atoms with Crippen molar-refractivity contribution >= 4 is 33.8 Å². The second kappa shape index (κ2) is 25.7. The number of hydrogen-bond donors (Lipinski definition) is 0. The van der Waals surface area contributed by atoms with Crippen LogP contribution in [0.1, 0.15) is 177 Å². The van der Waals surface area contributed by atoms with Crippen molar-refractivity contribution in [2.75, 3.05) is 77.6 Å².